The summed E-state index contributed by atoms with van der Waals surface area (Å²) in [6.45, 7) is 0. The first-order chi connectivity index (χ1) is 61.0. The molecule has 0 atom stereocenters. The molecule has 0 unspecified atom stereocenters. The molecular formula is C105H61F3N16. The minimum absolute atomic E-state index is 0.150. The number of hydrogen-bond acceptors (Lipinski definition) is 14. The highest BCUT2D eigenvalue weighted by Gasteiger charge is 2.35. The number of nitrogens with zero attached hydrogens (tertiary/aromatic N) is 16. The predicted octanol–water partition coefficient (Wildman–Crippen LogP) is 24.7. The molecule has 0 radical (unpaired) electrons. The van der Waals surface area contributed by atoms with E-state index in [4.69, 9.17) is 59.8 Å². The normalized spacial score (nSPS) is 11.5. The Morgan fingerprint density at radius 2 is 0.484 bits per heavy atom. The average Bonchev–Trinajstić information content (AvgIpc) is 1.56. The van der Waals surface area contributed by atoms with Crippen LogP contribution in [0, 0.1) is 22.7 Å². The van der Waals surface area contributed by atoms with Crippen LogP contribution < -0.4 is 0 Å². The number of aromatic nitrogens is 14. The van der Waals surface area contributed by atoms with Gasteiger partial charge in [0.1, 0.15) is 0 Å². The molecule has 0 saturated heterocycles. The van der Waals surface area contributed by atoms with Crippen LogP contribution in [0.15, 0.2) is 370 Å². The van der Waals surface area contributed by atoms with Gasteiger partial charge in [-0.15, -0.1) is 0 Å². The van der Waals surface area contributed by atoms with E-state index in [1.165, 1.54) is 12.1 Å². The van der Waals surface area contributed by atoms with E-state index in [-0.39, 0.29) is 22.3 Å². The molecule has 21 aromatic rings. The molecule has 21 rings (SSSR count). The van der Waals surface area contributed by atoms with Crippen molar-refractivity contribution < 1.29 is 13.2 Å². The van der Waals surface area contributed by atoms with Crippen molar-refractivity contribution >= 4 is 43.6 Å². The Bertz CT molecular complexity index is 7240. The Morgan fingerprint density at radius 1 is 0.218 bits per heavy atom. The highest BCUT2D eigenvalue weighted by Crippen LogP contribution is 2.48. The summed E-state index contributed by atoms with van der Waals surface area (Å²) in [6.07, 6.45) is -4.93. The number of nitriles is 2. The maximum atomic E-state index is 16.0. The molecule has 6 aromatic heterocycles. The third-order valence-electron chi connectivity index (χ3n) is 22.0. The van der Waals surface area contributed by atoms with Crippen molar-refractivity contribution in [1.29, 1.82) is 10.5 Å². The Hall–Kier alpha value is -17.3. The van der Waals surface area contributed by atoms with Gasteiger partial charge in [-0.05, 0) is 120 Å². The highest BCUT2D eigenvalue weighted by molar-refractivity contribution is 6.14. The van der Waals surface area contributed by atoms with Crippen LogP contribution in [-0.2, 0) is 6.18 Å². The number of rotatable bonds is 16. The number of fused-ring (bicyclic) bond motifs is 6. The molecule has 582 valence electrons. The molecule has 0 N–H and O–H groups in total. The third-order valence-corrected chi connectivity index (χ3v) is 22.0. The second-order valence-electron chi connectivity index (χ2n) is 29.7. The van der Waals surface area contributed by atoms with Gasteiger partial charge in [-0.25, -0.2) is 59.8 Å². The van der Waals surface area contributed by atoms with Gasteiger partial charge in [-0.1, -0.05) is 261 Å². The van der Waals surface area contributed by atoms with Gasteiger partial charge in [-0.2, -0.15) is 23.7 Å². The summed E-state index contributed by atoms with van der Waals surface area (Å²) in [5, 5.41) is 25.2. The molecule has 0 amide bonds. The summed E-state index contributed by atoms with van der Waals surface area (Å²) in [5.74, 6) is 5.26. The number of alkyl halides is 3. The Morgan fingerprint density at radius 3 is 0.750 bits per heavy atom. The largest absolute Gasteiger partial charge is 0.417 e. The summed E-state index contributed by atoms with van der Waals surface area (Å²) < 4.78 is 52.2. The zero-order valence-corrected chi connectivity index (χ0v) is 65.5. The fourth-order valence-corrected chi connectivity index (χ4v) is 16.2. The molecule has 16 nitrogen and oxygen atoms in total. The number of hydrogen-bond donors (Lipinski definition) is 0. The molecule has 0 aliphatic rings. The summed E-state index contributed by atoms with van der Waals surface area (Å²) in [7, 11) is 0. The van der Waals surface area contributed by atoms with Crippen molar-refractivity contribution in [2.24, 2.45) is 0 Å². The molecule has 19 heteroatoms. The minimum atomic E-state index is -4.93. The van der Waals surface area contributed by atoms with Crippen LogP contribution in [0.4, 0.5) is 13.2 Å². The van der Waals surface area contributed by atoms with Crippen LogP contribution in [0.2, 0.25) is 0 Å². The van der Waals surface area contributed by atoms with Crippen LogP contribution >= 0.6 is 0 Å². The molecule has 0 fully saturated rings. The maximum Gasteiger partial charge on any atom is 0.417 e. The van der Waals surface area contributed by atoms with Crippen molar-refractivity contribution in [3.63, 3.8) is 0 Å². The number of benzene rings is 15. The highest BCUT2D eigenvalue weighted by atomic mass is 19.4. The first-order valence-electron chi connectivity index (χ1n) is 39.9. The lowest BCUT2D eigenvalue weighted by molar-refractivity contribution is -0.137. The third kappa shape index (κ3) is 13.9. The molecule has 15 aromatic carbocycles. The van der Waals surface area contributed by atoms with E-state index in [0.717, 1.165) is 72.1 Å². The fraction of sp³-hybridized carbons (Fsp3) is 0.00952. The van der Waals surface area contributed by atoms with Gasteiger partial charge >= 0.3 is 6.18 Å². The lowest BCUT2D eigenvalue weighted by Gasteiger charge is -2.21. The van der Waals surface area contributed by atoms with Crippen molar-refractivity contribution in [3.05, 3.63) is 387 Å². The van der Waals surface area contributed by atoms with Gasteiger partial charge in [0.25, 0.3) is 0 Å². The first-order valence-corrected chi connectivity index (χ1v) is 39.9. The topological polar surface area (TPSA) is 212 Å². The van der Waals surface area contributed by atoms with Crippen LogP contribution in [0.1, 0.15) is 16.7 Å². The zero-order valence-electron chi connectivity index (χ0n) is 65.5. The van der Waals surface area contributed by atoms with E-state index in [0.29, 0.717) is 137 Å². The van der Waals surface area contributed by atoms with Crippen molar-refractivity contribution in [1.82, 2.24) is 68.9 Å². The molecule has 0 saturated carbocycles. The molecule has 0 aliphatic heterocycles. The molecular weight excluding hydrogens is 1540 g/mol. The summed E-state index contributed by atoms with van der Waals surface area (Å²) in [4.78, 5) is 61.9. The minimum Gasteiger partial charge on any atom is -0.309 e. The van der Waals surface area contributed by atoms with Crippen LogP contribution in [0.5, 0.6) is 0 Å². The first kappa shape index (κ1) is 74.3. The van der Waals surface area contributed by atoms with E-state index in [1.807, 2.05) is 315 Å². The van der Waals surface area contributed by atoms with Gasteiger partial charge in [0, 0.05) is 99.4 Å². The Labute approximate surface area is 707 Å². The molecule has 0 spiro atoms. The Kier molecular flexibility index (Phi) is 18.7. The van der Waals surface area contributed by atoms with Crippen molar-refractivity contribution in [2.45, 2.75) is 6.18 Å². The van der Waals surface area contributed by atoms with E-state index in [9.17, 15) is 10.5 Å². The van der Waals surface area contributed by atoms with Gasteiger partial charge in [-0.3, -0.25) is 0 Å². The quantitative estimate of drug-likeness (QED) is 0.0881. The summed E-state index contributed by atoms with van der Waals surface area (Å²) >= 11 is 0. The van der Waals surface area contributed by atoms with Gasteiger partial charge in [0.05, 0.1) is 62.3 Å². The molecule has 6 heterocycles. The predicted molar refractivity (Wildman–Crippen MR) is 479 cm³/mol. The second kappa shape index (κ2) is 31.2. The molecule has 0 bridgehead atoms. The van der Waals surface area contributed by atoms with Crippen LogP contribution in [0.3, 0.4) is 0 Å². The number of halogens is 3. The SMILES string of the molecule is N#Cc1ccc(-c2ccc(-n3c4ccc(-c5nc(-c6ccccc6)nc(-c6ccccc6)n5)cc4c4cc(-c5nc(-c6ccccc6)nc(-c6ccccc6)n5)ccc43)c(-c3c(C#N)cccc3-n3c4ccc(-c5nc(-c6ccccc6)nc(-c6ccccc6)n5)cc4c4cc(-c5nc(-c6ccccc6)nc(-c6ccccc6)n5)ccc43)c2)c(C(F)(F)F)c1. The average molecular weight is 1600 g/mol. The fourth-order valence-electron chi connectivity index (χ4n) is 16.2. The summed E-state index contributed by atoms with van der Waals surface area (Å²) in [6, 6.07) is 121. The standard InChI is InChI=1S/C105H61F3N16/c106-105(107,108)85-56-64(62-109)44-50-79(85)73-45-51-90(123-86-52-46-74(101-115-93(65-26-9-1-10-27-65)111-94(116-101)66-28-11-2-12-29-66)58-80(86)81-59-75(47-53-87(81)123)102-117-95(67-30-13-3-14-31-67)112-96(118-102)68-32-15-4-16-33-68)84(57-73)92-78(63-110)42-25-43-91(92)124-88-54-48-76(103-119-97(69-34-17-5-18-35-69)113-98(120-103)70-36-19-6-20-37-70)60-82(88)83-61-77(49-55-89(83)124)104-121-99(71-38-21-7-22-39-71)114-100(122-104)72-40-23-8-24-41-72/h1-61H. The van der Waals surface area contributed by atoms with E-state index >= 15 is 13.2 Å². The van der Waals surface area contributed by atoms with Crippen LogP contribution in [-0.4, -0.2) is 68.9 Å². The van der Waals surface area contributed by atoms with Gasteiger partial charge < -0.3 is 9.13 Å². The van der Waals surface area contributed by atoms with Crippen molar-refractivity contribution in [3.8, 4) is 182 Å². The van der Waals surface area contributed by atoms with E-state index in [1.54, 1.807) is 18.2 Å². The molecule has 124 heavy (non-hydrogen) atoms. The smallest absolute Gasteiger partial charge is 0.309 e. The Balaban J connectivity index is 0.840. The van der Waals surface area contributed by atoms with E-state index < -0.39 is 11.7 Å². The van der Waals surface area contributed by atoms with E-state index in [2.05, 4.69) is 39.5 Å². The van der Waals surface area contributed by atoms with Crippen molar-refractivity contribution in [2.75, 3.05) is 0 Å². The lowest BCUT2D eigenvalue weighted by atomic mass is 9.90. The molecule has 0 aliphatic carbocycles. The van der Waals surface area contributed by atoms with Gasteiger partial charge in [0.2, 0.25) is 0 Å². The second-order valence-corrected chi connectivity index (χ2v) is 29.7. The zero-order chi connectivity index (χ0) is 83.4. The van der Waals surface area contributed by atoms with Gasteiger partial charge in [0.15, 0.2) is 69.9 Å². The monoisotopic (exact) mass is 1600 g/mol. The lowest BCUT2D eigenvalue weighted by Crippen LogP contribution is -2.08. The maximum absolute atomic E-state index is 16.0. The summed E-state index contributed by atoms with van der Waals surface area (Å²) in [5.41, 5.74) is 12.2. The van der Waals surface area contributed by atoms with Crippen LogP contribution in [0.25, 0.3) is 214 Å².